The number of para-hydroxylation sites is 2. The average molecular weight is 419 g/mol. The molecule has 0 radical (unpaired) electrons. The average Bonchev–Trinajstić information content (AvgIpc) is 3.45. The summed E-state index contributed by atoms with van der Waals surface area (Å²) >= 11 is 0. The maximum Gasteiger partial charge on any atom is 0.227 e. The summed E-state index contributed by atoms with van der Waals surface area (Å²) < 4.78 is 13.8. The molecule has 1 aliphatic rings. The molecule has 6 rings (SSSR count). The molecule has 1 fully saturated rings. The summed E-state index contributed by atoms with van der Waals surface area (Å²) in [5.74, 6) is 7.97. The van der Waals surface area contributed by atoms with Gasteiger partial charge in [0.25, 0.3) is 0 Å². The zero-order valence-electron chi connectivity index (χ0n) is 17.5. The number of hydrogen-bond acceptors (Lipinski definition) is 4. The highest BCUT2D eigenvalue weighted by Crippen LogP contribution is 2.31. The van der Waals surface area contributed by atoms with Gasteiger partial charge in [-0.15, -0.1) is 0 Å². The fourth-order valence-electron chi connectivity index (χ4n) is 4.28. The first-order valence-electron chi connectivity index (χ1n) is 10.9. The molecule has 2 aromatic heterocycles. The molecule has 0 N–H and O–H groups in total. The summed E-state index contributed by atoms with van der Waals surface area (Å²) in [6.07, 6.45) is 1.91. The fraction of sp³-hybridized carbons (Fsp3) is 0.185. The summed E-state index contributed by atoms with van der Waals surface area (Å²) in [6.45, 7) is 1.52. The lowest BCUT2D eigenvalue weighted by molar-refractivity contribution is 0.0704. The molecule has 156 valence electrons. The van der Waals surface area contributed by atoms with Gasteiger partial charge in [0.1, 0.15) is 5.52 Å². The Balaban J connectivity index is 1.47. The minimum Gasteiger partial charge on any atom is -0.436 e. The minimum atomic E-state index is 0.323. The van der Waals surface area contributed by atoms with Crippen molar-refractivity contribution in [2.24, 2.45) is 0 Å². The molecule has 0 spiro atoms. The van der Waals surface area contributed by atoms with Crippen molar-refractivity contribution in [2.45, 2.75) is 18.9 Å². The highest BCUT2D eigenvalue weighted by molar-refractivity contribution is 5.83. The van der Waals surface area contributed by atoms with Crippen molar-refractivity contribution in [3.05, 3.63) is 84.2 Å². The number of ether oxygens (including phenoxy) is 1. The van der Waals surface area contributed by atoms with Gasteiger partial charge in [-0.2, -0.15) is 0 Å². The molecule has 0 amide bonds. The first-order valence-corrected chi connectivity index (χ1v) is 10.9. The quantitative estimate of drug-likeness (QED) is 0.350. The molecule has 3 heterocycles. The van der Waals surface area contributed by atoms with Crippen molar-refractivity contribution in [2.75, 3.05) is 13.2 Å². The molecule has 0 unspecified atom stereocenters. The van der Waals surface area contributed by atoms with E-state index in [-0.39, 0.29) is 0 Å². The first kappa shape index (κ1) is 18.9. The van der Waals surface area contributed by atoms with Gasteiger partial charge >= 0.3 is 0 Å². The summed E-state index contributed by atoms with van der Waals surface area (Å²) in [5.41, 5.74) is 5.50. The van der Waals surface area contributed by atoms with Crippen molar-refractivity contribution >= 4 is 22.1 Å². The standard InChI is InChI=1S/C27H21N3O2/c1-2-6-19(7-3-1)10-13-26-28-23-18-20(27-29-22-8-4-5-9-25(22)32-27)11-12-24(23)30(26)21-14-16-31-17-15-21/h1-9,11-12,18,21H,14-17H2. The second-order valence-corrected chi connectivity index (χ2v) is 7.96. The van der Waals surface area contributed by atoms with Crippen LogP contribution in [0.3, 0.4) is 0 Å². The lowest BCUT2D eigenvalue weighted by Gasteiger charge is -2.24. The van der Waals surface area contributed by atoms with E-state index in [1.165, 1.54) is 0 Å². The minimum absolute atomic E-state index is 0.323. The second kappa shape index (κ2) is 7.99. The van der Waals surface area contributed by atoms with Crippen molar-refractivity contribution < 1.29 is 9.15 Å². The van der Waals surface area contributed by atoms with Gasteiger partial charge in [-0.1, -0.05) is 36.3 Å². The Morgan fingerprint density at radius 1 is 0.812 bits per heavy atom. The Bertz CT molecular complexity index is 1430. The normalized spacial score (nSPS) is 14.5. The van der Waals surface area contributed by atoms with Crippen molar-refractivity contribution in [1.82, 2.24) is 14.5 Å². The van der Waals surface area contributed by atoms with Crippen LogP contribution in [0.5, 0.6) is 0 Å². The SMILES string of the molecule is C(#Cc1nc2cc(-c3nc4ccccc4o3)ccc2n1C1CCOCC1)c1ccccc1. The molecule has 3 aromatic carbocycles. The molecule has 0 aliphatic carbocycles. The Kier molecular flexibility index (Phi) is 4.71. The topological polar surface area (TPSA) is 53.1 Å². The van der Waals surface area contributed by atoms with E-state index in [2.05, 4.69) is 33.5 Å². The van der Waals surface area contributed by atoms with Crippen LogP contribution in [0.1, 0.15) is 30.3 Å². The third-order valence-corrected chi connectivity index (χ3v) is 5.88. The van der Waals surface area contributed by atoms with Gasteiger partial charge in [-0.3, -0.25) is 0 Å². The van der Waals surface area contributed by atoms with E-state index in [1.807, 2.05) is 60.7 Å². The van der Waals surface area contributed by atoms with E-state index in [0.717, 1.165) is 65.1 Å². The first-order chi connectivity index (χ1) is 15.8. The predicted molar refractivity (Wildman–Crippen MR) is 124 cm³/mol. The second-order valence-electron chi connectivity index (χ2n) is 7.96. The smallest absolute Gasteiger partial charge is 0.227 e. The molecule has 32 heavy (non-hydrogen) atoms. The van der Waals surface area contributed by atoms with E-state index in [9.17, 15) is 0 Å². The highest BCUT2D eigenvalue weighted by atomic mass is 16.5. The lowest BCUT2D eigenvalue weighted by Crippen LogP contribution is -2.20. The molecule has 5 nitrogen and oxygen atoms in total. The third-order valence-electron chi connectivity index (χ3n) is 5.88. The maximum absolute atomic E-state index is 5.97. The van der Waals surface area contributed by atoms with Gasteiger partial charge in [-0.25, -0.2) is 9.97 Å². The van der Waals surface area contributed by atoms with Crippen LogP contribution in [0.4, 0.5) is 0 Å². The molecule has 0 bridgehead atoms. The van der Waals surface area contributed by atoms with Crippen molar-refractivity contribution in [3.63, 3.8) is 0 Å². The van der Waals surface area contributed by atoms with Crippen molar-refractivity contribution in [3.8, 4) is 23.3 Å². The maximum atomic E-state index is 5.97. The molecule has 5 heteroatoms. The number of aromatic nitrogens is 3. The summed E-state index contributed by atoms with van der Waals surface area (Å²) in [7, 11) is 0. The molecule has 1 aliphatic heterocycles. The number of nitrogens with zero attached hydrogens (tertiary/aromatic N) is 3. The largest absolute Gasteiger partial charge is 0.436 e. The molecule has 5 aromatic rings. The molecular weight excluding hydrogens is 398 g/mol. The van der Waals surface area contributed by atoms with E-state index in [4.69, 9.17) is 14.1 Å². The fourth-order valence-corrected chi connectivity index (χ4v) is 4.28. The van der Waals surface area contributed by atoms with Crippen LogP contribution in [0.15, 0.2) is 77.2 Å². The number of oxazole rings is 1. The molecular formula is C27H21N3O2. The van der Waals surface area contributed by atoms with Gasteiger partial charge in [-0.05, 0) is 61.2 Å². The van der Waals surface area contributed by atoms with E-state index in [1.54, 1.807) is 0 Å². The Hall–Kier alpha value is -3.88. The zero-order valence-corrected chi connectivity index (χ0v) is 17.5. The predicted octanol–water partition coefficient (Wildman–Crippen LogP) is 5.60. The molecule has 0 atom stereocenters. The lowest BCUT2D eigenvalue weighted by atomic mass is 10.1. The summed E-state index contributed by atoms with van der Waals surface area (Å²) in [4.78, 5) is 9.56. The van der Waals surface area contributed by atoms with E-state index < -0.39 is 0 Å². The summed E-state index contributed by atoms with van der Waals surface area (Å²) in [6, 6.07) is 24.4. The van der Waals surface area contributed by atoms with Crippen LogP contribution in [0, 0.1) is 11.8 Å². The number of rotatable bonds is 2. The van der Waals surface area contributed by atoms with Crippen LogP contribution < -0.4 is 0 Å². The monoisotopic (exact) mass is 419 g/mol. The summed E-state index contributed by atoms with van der Waals surface area (Å²) in [5, 5.41) is 0. The number of benzene rings is 3. The molecule has 1 saturated heterocycles. The Morgan fingerprint density at radius 3 is 2.47 bits per heavy atom. The Labute approximate surface area is 185 Å². The van der Waals surface area contributed by atoms with Crippen LogP contribution in [0.2, 0.25) is 0 Å². The number of hydrogen-bond donors (Lipinski definition) is 0. The van der Waals surface area contributed by atoms with Gasteiger partial charge in [0.05, 0.1) is 11.0 Å². The Morgan fingerprint density at radius 2 is 1.62 bits per heavy atom. The van der Waals surface area contributed by atoms with Gasteiger partial charge in [0.15, 0.2) is 11.4 Å². The van der Waals surface area contributed by atoms with Crippen LogP contribution in [-0.4, -0.2) is 27.7 Å². The third kappa shape index (κ3) is 3.45. The van der Waals surface area contributed by atoms with Gasteiger partial charge < -0.3 is 13.7 Å². The van der Waals surface area contributed by atoms with Gasteiger partial charge in [0, 0.05) is 30.4 Å². The van der Waals surface area contributed by atoms with Crippen molar-refractivity contribution in [1.29, 1.82) is 0 Å². The van der Waals surface area contributed by atoms with Crippen LogP contribution >= 0.6 is 0 Å². The van der Waals surface area contributed by atoms with E-state index in [0.29, 0.717) is 11.9 Å². The number of imidazole rings is 1. The van der Waals surface area contributed by atoms with Gasteiger partial charge in [0.2, 0.25) is 5.89 Å². The molecule has 0 saturated carbocycles. The number of fused-ring (bicyclic) bond motifs is 2. The van der Waals surface area contributed by atoms with Crippen LogP contribution in [0.25, 0.3) is 33.6 Å². The highest BCUT2D eigenvalue weighted by Gasteiger charge is 2.22. The van der Waals surface area contributed by atoms with E-state index >= 15 is 0 Å². The zero-order chi connectivity index (χ0) is 21.3. The van der Waals surface area contributed by atoms with Crippen LogP contribution in [-0.2, 0) is 4.74 Å².